The van der Waals surface area contributed by atoms with E-state index < -0.39 is 17.7 Å². The largest absolute Gasteiger partial charge is 0.507 e. The Bertz CT molecular complexity index is 1290. The Morgan fingerprint density at radius 1 is 1.11 bits per heavy atom. The molecule has 1 fully saturated rings. The van der Waals surface area contributed by atoms with E-state index >= 15 is 0 Å². The van der Waals surface area contributed by atoms with Gasteiger partial charge in [0.25, 0.3) is 11.7 Å². The fraction of sp³-hybridized carbons (Fsp3) is 0.310. The number of rotatable bonds is 7. The molecule has 2 aromatic carbocycles. The van der Waals surface area contributed by atoms with Gasteiger partial charge in [0, 0.05) is 22.7 Å². The number of aliphatic hydroxyl groups is 1. The van der Waals surface area contributed by atoms with Gasteiger partial charge in [-0.25, -0.2) is 0 Å². The highest BCUT2D eigenvalue weighted by molar-refractivity contribution is 6.46. The van der Waals surface area contributed by atoms with Gasteiger partial charge in [-0.15, -0.1) is 0 Å². The van der Waals surface area contributed by atoms with Gasteiger partial charge in [-0.3, -0.25) is 9.59 Å². The summed E-state index contributed by atoms with van der Waals surface area (Å²) in [5, 5.41) is 12.0. The van der Waals surface area contributed by atoms with Gasteiger partial charge in [0.2, 0.25) is 0 Å². The summed E-state index contributed by atoms with van der Waals surface area (Å²) in [5.41, 5.74) is 2.04. The van der Waals surface area contributed by atoms with Crippen LogP contribution in [0, 0.1) is 0 Å². The highest BCUT2D eigenvalue weighted by atomic mass is 35.5. The topological polar surface area (TPSA) is 80.0 Å². The van der Waals surface area contributed by atoms with Crippen LogP contribution in [0.4, 0.5) is 0 Å². The molecule has 1 atom stereocenters. The number of halogens is 1. The number of likely N-dealkylation sites (tertiary alicyclic amines) is 1. The number of carbonyl (C=O) groups is 2. The third-order valence-corrected chi connectivity index (χ3v) is 6.52. The summed E-state index contributed by atoms with van der Waals surface area (Å²) in [5.74, 6) is -0.524. The number of amides is 1. The molecule has 7 heteroatoms. The third kappa shape index (κ3) is 5.05. The number of Topliss-reactive ketones (excluding diaryl/α,β-unsaturated/α-hetero) is 1. The molecule has 0 saturated carbocycles. The molecular weight excluding hydrogens is 478 g/mol. The van der Waals surface area contributed by atoms with Gasteiger partial charge in [0.15, 0.2) is 0 Å². The van der Waals surface area contributed by atoms with Crippen molar-refractivity contribution in [2.75, 3.05) is 13.2 Å². The minimum Gasteiger partial charge on any atom is -0.507 e. The predicted octanol–water partition coefficient (Wildman–Crippen LogP) is 6.29. The van der Waals surface area contributed by atoms with Crippen LogP contribution < -0.4 is 4.74 Å². The number of ether oxygens (including phenoxy) is 1. The summed E-state index contributed by atoms with van der Waals surface area (Å²) in [7, 11) is 0. The number of carbonyl (C=O) groups excluding carboxylic acids is 2. The second-order valence-electron chi connectivity index (χ2n) is 9.78. The monoisotopic (exact) mass is 507 g/mol. The van der Waals surface area contributed by atoms with Crippen LogP contribution in [0.15, 0.2) is 70.9 Å². The molecule has 1 aliphatic heterocycles. The van der Waals surface area contributed by atoms with Crippen molar-refractivity contribution in [1.29, 1.82) is 0 Å². The number of hydrogen-bond acceptors (Lipinski definition) is 5. The molecule has 0 bridgehead atoms. The molecule has 1 amide bonds. The van der Waals surface area contributed by atoms with E-state index in [0.717, 1.165) is 11.1 Å². The van der Waals surface area contributed by atoms with Gasteiger partial charge < -0.3 is 19.2 Å². The maximum absolute atomic E-state index is 13.3. The normalized spacial score (nSPS) is 17.6. The summed E-state index contributed by atoms with van der Waals surface area (Å²) in [6.07, 6.45) is 2.00. The van der Waals surface area contributed by atoms with Gasteiger partial charge in [0.05, 0.1) is 18.4 Å². The maximum Gasteiger partial charge on any atom is 0.295 e. The van der Waals surface area contributed by atoms with Gasteiger partial charge in [0.1, 0.15) is 23.3 Å². The van der Waals surface area contributed by atoms with Gasteiger partial charge >= 0.3 is 0 Å². The minimum atomic E-state index is -0.836. The number of nitrogens with zero attached hydrogens (tertiary/aromatic N) is 1. The van der Waals surface area contributed by atoms with E-state index in [1.807, 2.05) is 45.9 Å². The van der Waals surface area contributed by atoms with Crippen molar-refractivity contribution in [3.63, 3.8) is 0 Å². The molecule has 4 rings (SSSR count). The first-order valence-electron chi connectivity index (χ1n) is 12.0. The van der Waals surface area contributed by atoms with E-state index in [4.69, 9.17) is 20.8 Å². The molecule has 1 saturated heterocycles. The van der Waals surface area contributed by atoms with Crippen molar-refractivity contribution in [2.45, 2.75) is 45.6 Å². The Hall–Kier alpha value is -3.51. The maximum atomic E-state index is 13.3. The molecule has 0 radical (unpaired) electrons. The molecule has 0 spiro atoms. The van der Waals surface area contributed by atoms with E-state index in [1.54, 1.807) is 36.4 Å². The lowest BCUT2D eigenvalue weighted by Crippen LogP contribution is -2.31. The van der Waals surface area contributed by atoms with E-state index in [1.165, 1.54) is 11.2 Å². The summed E-state index contributed by atoms with van der Waals surface area (Å²) in [4.78, 5) is 27.9. The average molecular weight is 508 g/mol. The average Bonchev–Trinajstić information content (AvgIpc) is 3.45. The molecule has 1 N–H and O–H groups in total. The summed E-state index contributed by atoms with van der Waals surface area (Å²) in [6.45, 7) is 8.83. The smallest absolute Gasteiger partial charge is 0.295 e. The van der Waals surface area contributed by atoms with Crippen molar-refractivity contribution in [3.8, 4) is 5.75 Å². The zero-order valence-corrected chi connectivity index (χ0v) is 21.6. The fourth-order valence-corrected chi connectivity index (χ4v) is 4.58. The quantitative estimate of drug-likeness (QED) is 0.231. The van der Waals surface area contributed by atoms with Crippen LogP contribution in [-0.2, 0) is 21.4 Å². The highest BCUT2D eigenvalue weighted by Gasteiger charge is 2.47. The van der Waals surface area contributed by atoms with Gasteiger partial charge in [-0.1, -0.05) is 44.5 Å². The van der Waals surface area contributed by atoms with Crippen LogP contribution in [0.1, 0.15) is 56.2 Å². The molecule has 188 valence electrons. The van der Waals surface area contributed by atoms with Crippen LogP contribution in [0.3, 0.4) is 0 Å². The van der Waals surface area contributed by atoms with Gasteiger partial charge in [-0.05, 0) is 66.8 Å². The standard InChI is InChI=1S/C29H30ClNO5/c1-5-35-22-13-10-19(17-21(22)29(2,3)4)26(32)24-25(23-7-6-16-36-23)31(28(34)27(24)33)15-14-18-8-11-20(30)12-9-18/h6-13,16-17,25,32H,5,14-15H2,1-4H3/b26-24-. The van der Waals surface area contributed by atoms with Crippen molar-refractivity contribution < 1.29 is 23.8 Å². The number of hydrogen-bond donors (Lipinski definition) is 1. The summed E-state index contributed by atoms with van der Waals surface area (Å²) in [6, 6.07) is 15.2. The molecule has 2 heterocycles. The van der Waals surface area contributed by atoms with Gasteiger partial charge in [-0.2, -0.15) is 0 Å². The summed E-state index contributed by atoms with van der Waals surface area (Å²) >= 11 is 5.99. The number of ketones is 1. The fourth-order valence-electron chi connectivity index (χ4n) is 4.45. The molecule has 36 heavy (non-hydrogen) atoms. The zero-order valence-electron chi connectivity index (χ0n) is 20.9. The van der Waals surface area contributed by atoms with Crippen LogP contribution in [0.2, 0.25) is 5.02 Å². The van der Waals surface area contributed by atoms with E-state index in [-0.39, 0.29) is 23.3 Å². The van der Waals surface area contributed by atoms with E-state index in [2.05, 4.69) is 0 Å². The SMILES string of the molecule is CCOc1ccc(/C(O)=C2/C(=O)C(=O)N(CCc3ccc(Cl)cc3)C2c2ccco2)cc1C(C)(C)C. The van der Waals surface area contributed by atoms with Crippen LogP contribution in [0.5, 0.6) is 5.75 Å². The molecule has 1 aromatic heterocycles. The van der Waals surface area contributed by atoms with Crippen molar-refractivity contribution >= 4 is 29.1 Å². The van der Waals surface area contributed by atoms with Crippen molar-refractivity contribution in [2.24, 2.45) is 0 Å². The first kappa shape index (κ1) is 25.6. The molecule has 1 unspecified atom stereocenters. The number of furan rings is 1. The number of aliphatic hydroxyl groups excluding tert-OH is 1. The zero-order chi connectivity index (χ0) is 26.0. The third-order valence-electron chi connectivity index (χ3n) is 6.27. The molecule has 3 aromatic rings. The summed E-state index contributed by atoms with van der Waals surface area (Å²) < 4.78 is 11.4. The van der Waals surface area contributed by atoms with Crippen LogP contribution in [-0.4, -0.2) is 34.8 Å². The Morgan fingerprint density at radius 2 is 1.83 bits per heavy atom. The lowest BCUT2D eigenvalue weighted by Gasteiger charge is -2.25. The number of benzene rings is 2. The Labute approximate surface area is 216 Å². The molecular formula is C29H30ClNO5. The molecule has 1 aliphatic rings. The van der Waals surface area contributed by atoms with Crippen molar-refractivity contribution in [3.05, 3.63) is 93.9 Å². The van der Waals surface area contributed by atoms with Crippen LogP contribution >= 0.6 is 11.6 Å². The van der Waals surface area contributed by atoms with Crippen molar-refractivity contribution in [1.82, 2.24) is 4.90 Å². The Morgan fingerprint density at radius 3 is 2.44 bits per heavy atom. The van der Waals surface area contributed by atoms with E-state index in [9.17, 15) is 14.7 Å². The first-order valence-corrected chi connectivity index (χ1v) is 12.3. The molecule has 6 nitrogen and oxygen atoms in total. The predicted molar refractivity (Wildman–Crippen MR) is 139 cm³/mol. The van der Waals surface area contributed by atoms with E-state index in [0.29, 0.717) is 35.1 Å². The van der Waals surface area contributed by atoms with Crippen LogP contribution in [0.25, 0.3) is 5.76 Å². The highest BCUT2D eigenvalue weighted by Crippen LogP contribution is 2.41. The Balaban J connectivity index is 1.77. The molecule has 0 aliphatic carbocycles. The Kier molecular flexibility index (Phi) is 7.27. The minimum absolute atomic E-state index is 0.00933. The second-order valence-corrected chi connectivity index (χ2v) is 10.2. The lowest BCUT2D eigenvalue weighted by molar-refractivity contribution is -0.140. The lowest BCUT2D eigenvalue weighted by atomic mass is 9.84. The second kappa shape index (κ2) is 10.2. The first-order chi connectivity index (χ1) is 17.1.